The number of nitrogens with two attached hydrogens (primary N) is 2. The number of rotatable bonds is 3. The summed E-state index contributed by atoms with van der Waals surface area (Å²) in [4.78, 5) is 22.8. The molecule has 102 valence electrons. The smallest absolute Gasteiger partial charge is 0.333 e. The first-order chi connectivity index (χ1) is 9.58. The third-order valence-corrected chi connectivity index (χ3v) is 3.58. The van der Waals surface area contributed by atoms with Crippen molar-refractivity contribution in [1.82, 2.24) is 4.31 Å². The summed E-state index contributed by atoms with van der Waals surface area (Å²) >= 11 is 0.893. The van der Waals surface area contributed by atoms with Crippen LogP contribution in [-0.4, -0.2) is 16.4 Å². The molecule has 0 spiro atoms. The van der Waals surface area contributed by atoms with Crippen molar-refractivity contribution in [2.24, 2.45) is 11.5 Å². The minimum Gasteiger partial charge on any atom is -0.350 e. The summed E-state index contributed by atoms with van der Waals surface area (Å²) in [5.41, 5.74) is 12.3. The Hall–Kier alpha value is -2.47. The maximum atomic E-state index is 11.1. The van der Waals surface area contributed by atoms with Crippen LogP contribution in [0.1, 0.15) is 0 Å². The molecule has 0 saturated carbocycles. The molecule has 0 heterocycles. The highest BCUT2D eigenvalue weighted by molar-refractivity contribution is 7.98. The third-order valence-electron chi connectivity index (χ3n) is 2.56. The number of carbonyl (C=O) groups excluding carboxylic acids is 2. The van der Waals surface area contributed by atoms with Gasteiger partial charge in [0.25, 0.3) is 0 Å². The SMILES string of the molecule is NC(=O)N(Sc1ccc(-c2ccccc2)cc1)C(N)=O. The van der Waals surface area contributed by atoms with Gasteiger partial charge < -0.3 is 11.5 Å². The van der Waals surface area contributed by atoms with Gasteiger partial charge in [0.1, 0.15) is 0 Å². The Balaban J connectivity index is 2.16. The molecule has 0 radical (unpaired) electrons. The van der Waals surface area contributed by atoms with Gasteiger partial charge in [-0.15, -0.1) is 0 Å². The maximum Gasteiger partial charge on any atom is 0.333 e. The first-order valence-corrected chi connectivity index (χ1v) is 6.57. The number of amides is 4. The van der Waals surface area contributed by atoms with Crippen LogP contribution in [0, 0.1) is 0 Å². The van der Waals surface area contributed by atoms with Crippen molar-refractivity contribution in [3.05, 3.63) is 54.6 Å². The molecule has 0 unspecified atom stereocenters. The molecule has 4 N–H and O–H groups in total. The number of benzene rings is 2. The Labute approximate surface area is 120 Å². The number of primary amides is 2. The second-order valence-corrected chi connectivity index (χ2v) is 4.97. The summed E-state index contributed by atoms with van der Waals surface area (Å²) in [5.74, 6) is 0. The second kappa shape index (κ2) is 6.12. The van der Waals surface area contributed by atoms with E-state index in [1.54, 1.807) is 12.1 Å². The van der Waals surface area contributed by atoms with Gasteiger partial charge in [0.15, 0.2) is 0 Å². The Bertz CT molecular complexity index is 600. The number of imide groups is 1. The van der Waals surface area contributed by atoms with Crippen molar-refractivity contribution in [3.63, 3.8) is 0 Å². The summed E-state index contributed by atoms with van der Waals surface area (Å²) in [6.45, 7) is 0. The van der Waals surface area contributed by atoms with Crippen molar-refractivity contribution in [2.75, 3.05) is 0 Å². The largest absolute Gasteiger partial charge is 0.350 e. The van der Waals surface area contributed by atoms with E-state index < -0.39 is 12.1 Å². The molecule has 0 bridgehead atoms. The number of hydrogen-bond acceptors (Lipinski definition) is 3. The van der Waals surface area contributed by atoms with Crippen LogP contribution in [0.5, 0.6) is 0 Å². The predicted molar refractivity (Wildman–Crippen MR) is 78.7 cm³/mol. The van der Waals surface area contributed by atoms with Gasteiger partial charge in [0, 0.05) is 16.8 Å². The molecule has 5 nitrogen and oxygen atoms in total. The summed E-state index contributed by atoms with van der Waals surface area (Å²) in [6, 6.07) is 15.5. The van der Waals surface area contributed by atoms with Crippen molar-refractivity contribution in [3.8, 4) is 11.1 Å². The van der Waals surface area contributed by atoms with Gasteiger partial charge >= 0.3 is 12.1 Å². The zero-order chi connectivity index (χ0) is 14.5. The molecule has 0 aliphatic carbocycles. The number of urea groups is 2. The zero-order valence-corrected chi connectivity index (χ0v) is 11.3. The summed E-state index contributed by atoms with van der Waals surface area (Å²) in [6.07, 6.45) is 0. The Morgan fingerprint density at radius 2 is 1.30 bits per heavy atom. The van der Waals surface area contributed by atoms with Gasteiger partial charge in [-0.2, -0.15) is 4.31 Å². The highest BCUT2D eigenvalue weighted by Crippen LogP contribution is 2.26. The fraction of sp³-hybridized carbons (Fsp3) is 0. The maximum absolute atomic E-state index is 11.1. The van der Waals surface area contributed by atoms with E-state index in [1.165, 1.54) is 0 Å². The lowest BCUT2D eigenvalue weighted by molar-refractivity contribution is 0.221. The van der Waals surface area contributed by atoms with E-state index in [0.717, 1.165) is 23.1 Å². The molecule has 2 aromatic rings. The van der Waals surface area contributed by atoms with Gasteiger partial charge in [-0.1, -0.05) is 42.5 Å². The molecule has 0 saturated heterocycles. The summed E-state index contributed by atoms with van der Waals surface area (Å²) in [5, 5.41) is 0. The van der Waals surface area contributed by atoms with E-state index in [2.05, 4.69) is 0 Å². The molecule has 0 atom stereocenters. The number of carbonyl (C=O) groups is 2. The molecule has 0 fully saturated rings. The minimum atomic E-state index is -0.894. The van der Waals surface area contributed by atoms with E-state index in [-0.39, 0.29) is 0 Å². The van der Waals surface area contributed by atoms with Gasteiger partial charge in [-0.25, -0.2) is 9.59 Å². The first-order valence-electron chi connectivity index (χ1n) is 5.80. The summed E-state index contributed by atoms with van der Waals surface area (Å²) < 4.78 is 0.706. The fourth-order valence-corrected chi connectivity index (χ4v) is 2.29. The molecular weight excluding hydrogens is 274 g/mol. The van der Waals surface area contributed by atoms with E-state index in [9.17, 15) is 9.59 Å². The summed E-state index contributed by atoms with van der Waals surface area (Å²) in [7, 11) is 0. The van der Waals surface area contributed by atoms with Crippen LogP contribution in [-0.2, 0) is 0 Å². The van der Waals surface area contributed by atoms with Crippen molar-refractivity contribution < 1.29 is 9.59 Å². The minimum absolute atomic E-state index is 0.697. The zero-order valence-electron chi connectivity index (χ0n) is 10.5. The lowest BCUT2D eigenvalue weighted by Crippen LogP contribution is -2.38. The van der Waals surface area contributed by atoms with Crippen molar-refractivity contribution >= 4 is 24.0 Å². The van der Waals surface area contributed by atoms with Crippen LogP contribution < -0.4 is 11.5 Å². The van der Waals surface area contributed by atoms with Gasteiger partial charge in [0.2, 0.25) is 0 Å². The molecule has 20 heavy (non-hydrogen) atoms. The van der Waals surface area contributed by atoms with E-state index in [4.69, 9.17) is 11.5 Å². The second-order valence-electron chi connectivity index (χ2n) is 3.95. The average molecular weight is 287 g/mol. The number of nitrogens with zero attached hydrogens (tertiary/aromatic N) is 1. The predicted octanol–water partition coefficient (Wildman–Crippen LogP) is 2.82. The Kier molecular flexibility index (Phi) is 4.27. The fourth-order valence-electron chi connectivity index (χ4n) is 1.64. The van der Waals surface area contributed by atoms with Crippen LogP contribution in [0.3, 0.4) is 0 Å². The molecule has 4 amide bonds. The van der Waals surface area contributed by atoms with E-state index >= 15 is 0 Å². The Morgan fingerprint density at radius 1 is 0.800 bits per heavy atom. The van der Waals surface area contributed by atoms with Crippen LogP contribution in [0.25, 0.3) is 11.1 Å². The van der Waals surface area contributed by atoms with Crippen LogP contribution in [0.4, 0.5) is 9.59 Å². The van der Waals surface area contributed by atoms with Gasteiger partial charge in [-0.05, 0) is 23.3 Å². The van der Waals surface area contributed by atoms with Crippen LogP contribution in [0.2, 0.25) is 0 Å². The lowest BCUT2D eigenvalue weighted by Gasteiger charge is -2.14. The molecule has 2 rings (SSSR count). The van der Waals surface area contributed by atoms with E-state index in [0.29, 0.717) is 9.20 Å². The molecule has 0 aliphatic rings. The normalized spacial score (nSPS) is 10.0. The standard InChI is InChI=1S/C14H13N3O2S/c15-13(18)17(14(16)19)20-12-8-6-11(7-9-12)10-4-2-1-3-5-10/h1-9H,(H2,15,18)(H2,16,19). The van der Waals surface area contributed by atoms with Crippen molar-refractivity contribution in [1.29, 1.82) is 0 Å². The monoisotopic (exact) mass is 287 g/mol. The molecule has 0 aromatic heterocycles. The quantitative estimate of drug-likeness (QED) is 0.850. The highest BCUT2D eigenvalue weighted by Gasteiger charge is 2.17. The average Bonchev–Trinajstić information content (AvgIpc) is 2.45. The molecule has 6 heteroatoms. The molecule has 2 aromatic carbocycles. The topological polar surface area (TPSA) is 89.4 Å². The van der Waals surface area contributed by atoms with E-state index in [1.807, 2.05) is 42.5 Å². The Morgan fingerprint density at radius 3 is 1.80 bits per heavy atom. The third kappa shape index (κ3) is 3.30. The molecule has 0 aliphatic heterocycles. The highest BCUT2D eigenvalue weighted by atomic mass is 32.2. The lowest BCUT2D eigenvalue weighted by atomic mass is 10.1. The number of hydrogen-bond donors (Lipinski definition) is 2. The van der Waals surface area contributed by atoms with Gasteiger partial charge in [-0.3, -0.25) is 0 Å². The van der Waals surface area contributed by atoms with Gasteiger partial charge in [0.05, 0.1) is 0 Å². The van der Waals surface area contributed by atoms with Crippen LogP contribution >= 0.6 is 11.9 Å². The molecular formula is C14H13N3O2S. The first kappa shape index (κ1) is 14.0. The van der Waals surface area contributed by atoms with Crippen molar-refractivity contribution in [2.45, 2.75) is 4.90 Å². The van der Waals surface area contributed by atoms with Crippen LogP contribution in [0.15, 0.2) is 59.5 Å².